The standard InChI is InChI=1S/C17H29F3N4O4S/c1-3-21-16(23-8-6-14(7-9-23)15(25)28-2)22-12-13-4-10-24(11-5-13)29(26,27)17(18,19)20/h13-14H,3-12H2,1-2H3,(H,21,22). The molecule has 0 amide bonds. The predicted octanol–water partition coefficient (Wildman–Crippen LogP) is 1.40. The summed E-state index contributed by atoms with van der Waals surface area (Å²) < 4.78 is 66.3. The quantitative estimate of drug-likeness (QED) is 0.393. The van der Waals surface area contributed by atoms with Crippen LogP contribution in [0.5, 0.6) is 0 Å². The Balaban J connectivity index is 1.90. The number of nitrogens with one attached hydrogen (secondary N) is 1. The second kappa shape index (κ2) is 9.96. The molecule has 0 unspecified atom stereocenters. The highest BCUT2D eigenvalue weighted by Crippen LogP contribution is 2.30. The van der Waals surface area contributed by atoms with E-state index in [1.54, 1.807) is 0 Å². The molecule has 2 rings (SSSR count). The number of likely N-dealkylation sites (tertiary alicyclic amines) is 1. The van der Waals surface area contributed by atoms with E-state index >= 15 is 0 Å². The topological polar surface area (TPSA) is 91.3 Å². The van der Waals surface area contributed by atoms with Crippen LogP contribution in [0, 0.1) is 11.8 Å². The first-order valence-corrected chi connectivity index (χ1v) is 11.2. The lowest BCUT2D eigenvalue weighted by molar-refractivity contribution is -0.146. The highest BCUT2D eigenvalue weighted by atomic mass is 32.2. The van der Waals surface area contributed by atoms with Crippen molar-refractivity contribution in [2.75, 3.05) is 46.4 Å². The number of rotatable bonds is 5. The summed E-state index contributed by atoms with van der Waals surface area (Å²) in [5.41, 5.74) is -5.26. The van der Waals surface area contributed by atoms with Crippen molar-refractivity contribution in [1.82, 2.24) is 14.5 Å². The van der Waals surface area contributed by atoms with Crippen molar-refractivity contribution >= 4 is 22.0 Å². The zero-order valence-electron chi connectivity index (χ0n) is 16.7. The minimum absolute atomic E-state index is 0.0240. The third kappa shape index (κ3) is 5.97. The van der Waals surface area contributed by atoms with Crippen LogP contribution < -0.4 is 5.32 Å². The molecule has 2 aliphatic heterocycles. The molecule has 0 spiro atoms. The summed E-state index contributed by atoms with van der Waals surface area (Å²) in [4.78, 5) is 18.3. The van der Waals surface area contributed by atoms with Crippen molar-refractivity contribution in [3.63, 3.8) is 0 Å². The molecule has 0 atom stereocenters. The van der Waals surface area contributed by atoms with E-state index in [4.69, 9.17) is 4.74 Å². The van der Waals surface area contributed by atoms with Gasteiger partial charge in [-0.05, 0) is 38.5 Å². The number of esters is 1. The number of carbonyl (C=O) groups is 1. The van der Waals surface area contributed by atoms with E-state index in [9.17, 15) is 26.4 Å². The number of halogens is 3. The summed E-state index contributed by atoms with van der Waals surface area (Å²) in [6, 6.07) is 0. The number of methoxy groups -OCH3 is 1. The van der Waals surface area contributed by atoms with E-state index in [1.165, 1.54) is 7.11 Å². The van der Waals surface area contributed by atoms with Crippen LogP contribution >= 0.6 is 0 Å². The van der Waals surface area contributed by atoms with Gasteiger partial charge in [-0.3, -0.25) is 9.79 Å². The molecule has 0 saturated carbocycles. The van der Waals surface area contributed by atoms with Gasteiger partial charge < -0.3 is 15.0 Å². The molecular weight excluding hydrogens is 413 g/mol. The molecule has 0 aromatic rings. The number of guanidine groups is 1. The average molecular weight is 443 g/mol. The van der Waals surface area contributed by atoms with Crippen LogP contribution in [-0.2, 0) is 19.6 Å². The maximum atomic E-state index is 12.7. The number of alkyl halides is 3. The van der Waals surface area contributed by atoms with Crippen LogP contribution in [0.4, 0.5) is 13.2 Å². The summed E-state index contributed by atoms with van der Waals surface area (Å²) in [5, 5.41) is 3.21. The number of nitrogens with zero attached hydrogens (tertiary/aromatic N) is 3. The van der Waals surface area contributed by atoms with Crippen molar-refractivity contribution in [2.45, 2.75) is 38.1 Å². The fraction of sp³-hybridized carbons (Fsp3) is 0.882. The van der Waals surface area contributed by atoms with Crippen LogP contribution in [-0.4, -0.2) is 81.4 Å². The van der Waals surface area contributed by atoms with Gasteiger partial charge in [-0.2, -0.15) is 17.5 Å². The lowest BCUT2D eigenvalue weighted by atomic mass is 9.97. The van der Waals surface area contributed by atoms with Gasteiger partial charge in [0.1, 0.15) is 0 Å². The van der Waals surface area contributed by atoms with Crippen LogP contribution in [0.15, 0.2) is 4.99 Å². The van der Waals surface area contributed by atoms with Crippen molar-refractivity contribution in [3.8, 4) is 0 Å². The molecule has 2 fully saturated rings. The molecule has 2 aliphatic rings. The molecule has 2 heterocycles. The molecule has 1 N–H and O–H groups in total. The molecule has 2 saturated heterocycles. The highest BCUT2D eigenvalue weighted by Gasteiger charge is 2.50. The summed E-state index contributed by atoms with van der Waals surface area (Å²) in [6.45, 7) is 4.04. The van der Waals surface area contributed by atoms with Gasteiger partial charge in [0, 0.05) is 39.3 Å². The third-order valence-corrected chi connectivity index (χ3v) is 7.00. The van der Waals surface area contributed by atoms with Crippen molar-refractivity contribution in [3.05, 3.63) is 0 Å². The second-order valence-electron chi connectivity index (χ2n) is 7.27. The Morgan fingerprint density at radius 3 is 2.21 bits per heavy atom. The normalized spacial score (nSPS) is 21.3. The van der Waals surface area contributed by atoms with Crippen molar-refractivity contribution < 1.29 is 31.1 Å². The summed E-state index contributed by atoms with van der Waals surface area (Å²) in [6.07, 6.45) is 2.01. The first-order chi connectivity index (χ1) is 13.6. The van der Waals surface area contributed by atoms with Gasteiger partial charge in [0.15, 0.2) is 5.96 Å². The summed E-state index contributed by atoms with van der Waals surface area (Å²) >= 11 is 0. The zero-order valence-corrected chi connectivity index (χ0v) is 17.6. The predicted molar refractivity (Wildman–Crippen MR) is 102 cm³/mol. The van der Waals surface area contributed by atoms with E-state index < -0.39 is 15.5 Å². The van der Waals surface area contributed by atoms with E-state index in [0.29, 0.717) is 62.1 Å². The number of carbonyl (C=O) groups excluding carboxylic acids is 1. The monoisotopic (exact) mass is 442 g/mol. The molecule has 29 heavy (non-hydrogen) atoms. The summed E-state index contributed by atoms with van der Waals surface area (Å²) in [7, 11) is -3.87. The van der Waals surface area contributed by atoms with E-state index in [0.717, 1.165) is 0 Å². The van der Waals surface area contributed by atoms with Gasteiger partial charge in [0.2, 0.25) is 0 Å². The number of hydrogen-bond donors (Lipinski definition) is 1. The molecule has 12 heteroatoms. The lowest BCUT2D eigenvalue weighted by Gasteiger charge is -2.34. The van der Waals surface area contributed by atoms with Gasteiger partial charge in [-0.25, -0.2) is 8.42 Å². The Kier molecular flexibility index (Phi) is 8.15. The Labute approximate surface area is 169 Å². The van der Waals surface area contributed by atoms with Gasteiger partial charge in [-0.1, -0.05) is 0 Å². The van der Waals surface area contributed by atoms with Gasteiger partial charge in [-0.15, -0.1) is 0 Å². The smallest absolute Gasteiger partial charge is 0.469 e. The molecule has 0 bridgehead atoms. The fourth-order valence-electron chi connectivity index (χ4n) is 3.61. The molecule has 0 aromatic carbocycles. The Morgan fingerprint density at radius 2 is 1.72 bits per heavy atom. The van der Waals surface area contributed by atoms with E-state index in [1.807, 2.05) is 6.92 Å². The van der Waals surface area contributed by atoms with Crippen molar-refractivity contribution in [1.29, 1.82) is 0 Å². The average Bonchev–Trinajstić information content (AvgIpc) is 2.70. The molecule has 8 nitrogen and oxygen atoms in total. The first-order valence-electron chi connectivity index (χ1n) is 9.77. The molecule has 0 radical (unpaired) electrons. The summed E-state index contributed by atoms with van der Waals surface area (Å²) in [5.74, 6) is 0.420. The minimum atomic E-state index is -5.26. The van der Waals surface area contributed by atoms with Crippen LogP contribution in [0.25, 0.3) is 0 Å². The second-order valence-corrected chi connectivity index (χ2v) is 9.20. The fourth-order valence-corrected chi connectivity index (χ4v) is 4.60. The molecule has 0 aliphatic carbocycles. The number of piperidine rings is 2. The van der Waals surface area contributed by atoms with Crippen molar-refractivity contribution in [2.24, 2.45) is 16.8 Å². The number of ether oxygens (including phenoxy) is 1. The molecular formula is C17H29F3N4O4S. The van der Waals surface area contributed by atoms with Gasteiger partial charge in [0.25, 0.3) is 0 Å². The number of aliphatic imine (C=N–C) groups is 1. The maximum Gasteiger partial charge on any atom is 0.511 e. The van der Waals surface area contributed by atoms with Crippen LogP contribution in [0.1, 0.15) is 32.6 Å². The SMILES string of the molecule is CCNC(=NCC1CCN(S(=O)(=O)C(F)(F)F)CC1)N1CCC(C(=O)OC)CC1. The third-order valence-electron chi connectivity index (χ3n) is 5.37. The van der Waals surface area contributed by atoms with Crippen LogP contribution in [0.2, 0.25) is 0 Å². The Hall–Kier alpha value is -1.56. The van der Waals surface area contributed by atoms with Crippen LogP contribution in [0.3, 0.4) is 0 Å². The maximum absolute atomic E-state index is 12.7. The zero-order chi connectivity index (χ0) is 21.7. The molecule has 0 aromatic heterocycles. The Morgan fingerprint density at radius 1 is 1.14 bits per heavy atom. The van der Waals surface area contributed by atoms with E-state index in [-0.39, 0.29) is 30.9 Å². The Bertz CT molecular complexity index is 683. The number of sulfonamides is 1. The van der Waals surface area contributed by atoms with Gasteiger partial charge >= 0.3 is 21.5 Å². The molecule has 168 valence electrons. The lowest BCUT2D eigenvalue weighted by Crippen LogP contribution is -2.47. The number of hydrogen-bond acceptors (Lipinski definition) is 5. The van der Waals surface area contributed by atoms with E-state index in [2.05, 4.69) is 15.2 Å². The van der Waals surface area contributed by atoms with Gasteiger partial charge in [0.05, 0.1) is 13.0 Å². The minimum Gasteiger partial charge on any atom is -0.469 e. The highest BCUT2D eigenvalue weighted by molar-refractivity contribution is 7.90. The largest absolute Gasteiger partial charge is 0.511 e. The first kappa shape index (κ1) is 23.7.